The van der Waals surface area contributed by atoms with E-state index >= 15 is 0 Å². The number of hydrogen-bond donors (Lipinski definition) is 2. The fourth-order valence-electron chi connectivity index (χ4n) is 2.01. The number of nitrogens with one attached hydrogen (secondary N) is 1. The standard InChI is InChI=1S/C16H17ClN2O3S/c1-2-3-4-13(20)18-16-19-15(12(23-16)9-14(21)22)10-5-7-11(17)8-6-10/h5-8H,2-4,9H2,1H3,(H,21,22)(H,18,19,20). The summed E-state index contributed by atoms with van der Waals surface area (Å²) in [7, 11) is 0. The van der Waals surface area contributed by atoms with Crippen LogP contribution in [0.15, 0.2) is 24.3 Å². The molecule has 0 bridgehead atoms. The molecule has 2 rings (SSSR count). The molecule has 1 aromatic carbocycles. The maximum atomic E-state index is 11.8. The van der Waals surface area contributed by atoms with E-state index in [1.807, 2.05) is 6.92 Å². The molecule has 2 N–H and O–H groups in total. The van der Waals surface area contributed by atoms with Crippen LogP contribution >= 0.6 is 22.9 Å². The van der Waals surface area contributed by atoms with Crippen LogP contribution in [0.2, 0.25) is 5.02 Å². The van der Waals surface area contributed by atoms with Gasteiger partial charge in [-0.15, -0.1) is 11.3 Å². The van der Waals surface area contributed by atoms with Crippen molar-refractivity contribution in [2.24, 2.45) is 0 Å². The van der Waals surface area contributed by atoms with Crippen LogP contribution in [0.25, 0.3) is 11.3 Å². The highest BCUT2D eigenvalue weighted by molar-refractivity contribution is 7.16. The van der Waals surface area contributed by atoms with Crippen LogP contribution in [0, 0.1) is 0 Å². The van der Waals surface area contributed by atoms with E-state index in [0.29, 0.717) is 27.1 Å². The van der Waals surface area contributed by atoms with Gasteiger partial charge in [-0.25, -0.2) is 4.98 Å². The Morgan fingerprint density at radius 1 is 1.30 bits per heavy atom. The number of carboxylic acids is 1. The van der Waals surface area contributed by atoms with E-state index < -0.39 is 5.97 Å². The third kappa shape index (κ3) is 5.04. The van der Waals surface area contributed by atoms with E-state index in [0.717, 1.165) is 18.4 Å². The van der Waals surface area contributed by atoms with Crippen molar-refractivity contribution in [1.29, 1.82) is 0 Å². The molecule has 1 amide bonds. The average molecular weight is 353 g/mol. The van der Waals surface area contributed by atoms with Gasteiger partial charge in [-0.2, -0.15) is 0 Å². The van der Waals surface area contributed by atoms with Crippen molar-refractivity contribution in [1.82, 2.24) is 4.98 Å². The van der Waals surface area contributed by atoms with Gasteiger partial charge in [-0.1, -0.05) is 37.1 Å². The van der Waals surface area contributed by atoms with Crippen LogP contribution in [0.3, 0.4) is 0 Å². The monoisotopic (exact) mass is 352 g/mol. The predicted octanol–water partition coefficient (Wildman–Crippen LogP) is 4.22. The number of hydrogen-bond acceptors (Lipinski definition) is 4. The van der Waals surface area contributed by atoms with Gasteiger partial charge < -0.3 is 10.4 Å². The van der Waals surface area contributed by atoms with Gasteiger partial charge in [0.05, 0.1) is 12.1 Å². The van der Waals surface area contributed by atoms with Crippen molar-refractivity contribution in [2.75, 3.05) is 5.32 Å². The number of aliphatic carboxylic acids is 1. The second-order valence-electron chi connectivity index (χ2n) is 5.02. The highest BCUT2D eigenvalue weighted by Gasteiger charge is 2.17. The number of halogens is 1. The molecule has 5 nitrogen and oxygen atoms in total. The van der Waals surface area contributed by atoms with E-state index in [1.165, 1.54) is 11.3 Å². The van der Waals surface area contributed by atoms with E-state index in [9.17, 15) is 9.59 Å². The molecule has 0 aliphatic carbocycles. The van der Waals surface area contributed by atoms with Gasteiger partial charge >= 0.3 is 5.97 Å². The van der Waals surface area contributed by atoms with E-state index in [1.54, 1.807) is 24.3 Å². The van der Waals surface area contributed by atoms with Gasteiger partial charge in [-0.05, 0) is 18.6 Å². The first-order valence-corrected chi connectivity index (χ1v) is 8.46. The lowest BCUT2D eigenvalue weighted by Crippen LogP contribution is -2.10. The number of anilines is 1. The van der Waals surface area contributed by atoms with Gasteiger partial charge in [0.1, 0.15) is 0 Å². The largest absolute Gasteiger partial charge is 0.481 e. The molecule has 0 saturated heterocycles. The van der Waals surface area contributed by atoms with Crippen molar-refractivity contribution in [3.63, 3.8) is 0 Å². The minimum atomic E-state index is -0.937. The lowest BCUT2D eigenvalue weighted by Gasteiger charge is -2.00. The Balaban J connectivity index is 2.27. The van der Waals surface area contributed by atoms with Crippen molar-refractivity contribution >= 4 is 39.9 Å². The highest BCUT2D eigenvalue weighted by atomic mass is 35.5. The molecule has 0 aliphatic rings. The Bertz CT molecular complexity index is 698. The van der Waals surface area contributed by atoms with Gasteiger partial charge in [0, 0.05) is 21.9 Å². The van der Waals surface area contributed by atoms with Gasteiger partial charge in [-0.3, -0.25) is 9.59 Å². The molecule has 0 aliphatic heterocycles. The molecule has 7 heteroatoms. The molecular formula is C16H17ClN2O3S. The summed E-state index contributed by atoms with van der Waals surface area (Å²) in [5.74, 6) is -1.04. The Kier molecular flexibility index (Phi) is 6.12. The third-order valence-corrected chi connectivity index (χ3v) is 4.35. The number of benzene rings is 1. The minimum absolute atomic E-state index is 0.106. The summed E-state index contributed by atoms with van der Waals surface area (Å²) in [5.41, 5.74) is 1.34. The summed E-state index contributed by atoms with van der Waals surface area (Å²) >= 11 is 7.07. The molecule has 0 saturated carbocycles. The number of amides is 1. The van der Waals surface area contributed by atoms with Gasteiger partial charge in [0.25, 0.3) is 0 Å². The number of carboxylic acid groups (broad SMARTS) is 1. The lowest BCUT2D eigenvalue weighted by molar-refractivity contribution is -0.136. The van der Waals surface area contributed by atoms with Crippen molar-refractivity contribution in [3.05, 3.63) is 34.2 Å². The second kappa shape index (κ2) is 8.08. The normalized spacial score (nSPS) is 10.5. The van der Waals surface area contributed by atoms with Crippen LogP contribution in [0.1, 0.15) is 31.1 Å². The zero-order chi connectivity index (χ0) is 16.8. The molecule has 1 heterocycles. The highest BCUT2D eigenvalue weighted by Crippen LogP contribution is 2.32. The first-order valence-electron chi connectivity index (χ1n) is 7.27. The van der Waals surface area contributed by atoms with Gasteiger partial charge in [0.15, 0.2) is 5.13 Å². The van der Waals surface area contributed by atoms with Crippen molar-refractivity contribution < 1.29 is 14.7 Å². The average Bonchev–Trinajstić information content (AvgIpc) is 2.87. The number of rotatable bonds is 7. The number of unbranched alkanes of at least 4 members (excludes halogenated alkanes) is 1. The zero-order valence-electron chi connectivity index (χ0n) is 12.6. The fourth-order valence-corrected chi connectivity index (χ4v) is 3.13. The second-order valence-corrected chi connectivity index (χ2v) is 6.54. The Hall–Kier alpha value is -1.92. The van der Waals surface area contributed by atoms with Crippen LogP contribution in [0.5, 0.6) is 0 Å². The Morgan fingerprint density at radius 2 is 2.00 bits per heavy atom. The summed E-state index contributed by atoms with van der Waals surface area (Å²) in [6.45, 7) is 2.01. The molecule has 0 spiro atoms. The van der Waals surface area contributed by atoms with Crippen LogP contribution in [0.4, 0.5) is 5.13 Å². The van der Waals surface area contributed by atoms with Crippen LogP contribution < -0.4 is 5.32 Å². The van der Waals surface area contributed by atoms with Crippen molar-refractivity contribution in [2.45, 2.75) is 32.6 Å². The summed E-state index contributed by atoms with van der Waals surface area (Å²) < 4.78 is 0. The van der Waals surface area contributed by atoms with E-state index in [4.69, 9.17) is 16.7 Å². The maximum absolute atomic E-state index is 11.8. The van der Waals surface area contributed by atoms with Crippen LogP contribution in [-0.4, -0.2) is 22.0 Å². The van der Waals surface area contributed by atoms with Gasteiger partial charge in [0.2, 0.25) is 5.91 Å². The number of carbonyl (C=O) groups is 2. The van der Waals surface area contributed by atoms with Crippen LogP contribution in [-0.2, 0) is 16.0 Å². The SMILES string of the molecule is CCCCC(=O)Nc1nc(-c2ccc(Cl)cc2)c(CC(=O)O)s1. The summed E-state index contributed by atoms with van der Waals surface area (Å²) in [6, 6.07) is 7.01. The molecule has 0 fully saturated rings. The summed E-state index contributed by atoms with van der Waals surface area (Å²) in [6.07, 6.45) is 2.04. The molecular weight excluding hydrogens is 336 g/mol. The summed E-state index contributed by atoms with van der Waals surface area (Å²) in [4.78, 5) is 27.9. The lowest BCUT2D eigenvalue weighted by atomic mass is 10.1. The predicted molar refractivity (Wildman–Crippen MR) is 92.1 cm³/mol. The first kappa shape index (κ1) is 17.4. The molecule has 1 aromatic heterocycles. The number of carbonyl (C=O) groups excluding carboxylic acids is 1. The minimum Gasteiger partial charge on any atom is -0.481 e. The quantitative estimate of drug-likeness (QED) is 0.781. The summed E-state index contributed by atoms with van der Waals surface area (Å²) in [5, 5.41) is 12.8. The molecule has 122 valence electrons. The fraction of sp³-hybridized carbons (Fsp3) is 0.312. The van der Waals surface area contributed by atoms with E-state index in [-0.39, 0.29) is 12.3 Å². The smallest absolute Gasteiger partial charge is 0.308 e. The first-order chi connectivity index (χ1) is 11.0. The number of thiazole rings is 1. The molecule has 2 aromatic rings. The Morgan fingerprint density at radius 3 is 2.61 bits per heavy atom. The molecule has 0 unspecified atom stereocenters. The zero-order valence-corrected chi connectivity index (χ0v) is 14.2. The number of nitrogens with zero attached hydrogens (tertiary/aromatic N) is 1. The maximum Gasteiger partial charge on any atom is 0.308 e. The van der Waals surface area contributed by atoms with Crippen molar-refractivity contribution in [3.8, 4) is 11.3 Å². The topological polar surface area (TPSA) is 79.3 Å². The molecule has 0 atom stereocenters. The van der Waals surface area contributed by atoms with E-state index in [2.05, 4.69) is 10.3 Å². The number of aromatic nitrogens is 1. The molecule has 23 heavy (non-hydrogen) atoms. The third-order valence-electron chi connectivity index (χ3n) is 3.13. The molecule has 0 radical (unpaired) electrons. The Labute approximate surface area is 143 Å².